The van der Waals surface area contributed by atoms with E-state index < -0.39 is 12.3 Å². The molecule has 0 aliphatic carbocycles. The minimum absolute atomic E-state index is 0.223. The molecule has 1 heterocycles. The van der Waals surface area contributed by atoms with Crippen LogP contribution in [0.4, 0.5) is 0 Å². The summed E-state index contributed by atoms with van der Waals surface area (Å²) >= 11 is 0. The molecule has 1 aliphatic rings. The van der Waals surface area contributed by atoms with Crippen LogP contribution in [-0.4, -0.2) is 48.4 Å². The number of carbonyl (C=O) groups excluding carboxylic acids is 1. The molecule has 1 fully saturated rings. The Morgan fingerprint density at radius 2 is 1.58 bits per heavy atom. The molecule has 126 valence electrons. The van der Waals surface area contributed by atoms with Gasteiger partial charge in [-0.15, -0.1) is 0 Å². The molecule has 4 nitrogen and oxygen atoms in total. The molecule has 2 aromatic carbocycles. The van der Waals surface area contributed by atoms with Crippen LogP contribution in [0.1, 0.15) is 13.9 Å². The van der Waals surface area contributed by atoms with Crippen LogP contribution in [0.3, 0.4) is 0 Å². The second kappa shape index (κ2) is 8.73. The van der Waals surface area contributed by atoms with Crippen molar-refractivity contribution in [2.75, 3.05) is 26.2 Å². The number of rotatable bonds is 7. The third-order valence-corrected chi connectivity index (χ3v) is 4.21. The van der Waals surface area contributed by atoms with Gasteiger partial charge in [-0.05, 0) is 17.5 Å². The minimum atomic E-state index is -1.55. The lowest BCUT2D eigenvalue weighted by atomic mass is 10.1. The Morgan fingerprint density at radius 1 is 1.00 bits per heavy atom. The Morgan fingerprint density at radius 3 is 2.17 bits per heavy atom. The lowest BCUT2D eigenvalue weighted by Crippen LogP contribution is -2.51. The van der Waals surface area contributed by atoms with Gasteiger partial charge in [-0.3, -0.25) is 9.74 Å². The van der Waals surface area contributed by atoms with E-state index in [0.717, 1.165) is 11.1 Å². The summed E-state index contributed by atoms with van der Waals surface area (Å²) < 4.78 is 16.3. The summed E-state index contributed by atoms with van der Waals surface area (Å²) in [7, 11) is 0. The molecule has 1 unspecified atom stereocenters. The summed E-state index contributed by atoms with van der Waals surface area (Å²) in [5.74, 6) is 0. The molecule has 0 saturated carbocycles. The van der Waals surface area contributed by atoms with E-state index in [1.54, 1.807) is 4.90 Å². The zero-order valence-electron chi connectivity index (χ0n) is 15.7. The second-order valence-corrected chi connectivity index (χ2v) is 5.89. The molecule has 4 heteroatoms. The van der Waals surface area contributed by atoms with Crippen LogP contribution in [0.15, 0.2) is 60.7 Å². The quantitative estimate of drug-likeness (QED) is 0.732. The van der Waals surface area contributed by atoms with Crippen molar-refractivity contribution >= 4 is 6.26 Å². The highest BCUT2D eigenvalue weighted by Crippen LogP contribution is 2.12. The summed E-state index contributed by atoms with van der Waals surface area (Å²) in [6.45, 7) is 2.77. The van der Waals surface area contributed by atoms with Gasteiger partial charge in [-0.25, -0.2) is 0 Å². The Labute approximate surface area is 146 Å². The molecular weight excluding hydrogens is 300 g/mol. The minimum Gasteiger partial charge on any atom is -0.302 e. The molecule has 0 spiro atoms. The van der Waals surface area contributed by atoms with Crippen LogP contribution < -0.4 is 0 Å². The summed E-state index contributed by atoms with van der Waals surface area (Å²) in [6.07, 6.45) is -0.638. The van der Waals surface area contributed by atoms with Crippen LogP contribution in [-0.2, 0) is 22.7 Å². The Hall–Kier alpha value is -2.01. The summed E-state index contributed by atoms with van der Waals surface area (Å²) in [5.41, 5.74) is 2.00. The number of hydrogen-bond donors (Lipinski definition) is 0. The first kappa shape index (κ1) is 14.3. The molecular formula is C20H24N2O2. The van der Waals surface area contributed by atoms with Crippen LogP contribution in [0.2, 0.25) is 0 Å². The number of nitrogens with zero attached hydrogens (tertiary/aromatic N) is 2. The SMILES string of the molecule is [2H]C(=O)C([2H])(Cc1ccccc1)N1CCN(OCc2ccccc2)CC1. The molecule has 0 bridgehead atoms. The maximum Gasteiger partial charge on any atom is 0.137 e. The smallest absolute Gasteiger partial charge is 0.137 e. The van der Waals surface area contributed by atoms with Gasteiger partial charge in [0.15, 0.2) is 0 Å². The third-order valence-electron chi connectivity index (χ3n) is 4.21. The summed E-state index contributed by atoms with van der Waals surface area (Å²) in [4.78, 5) is 19.6. The standard InChI is InChI=1S/C20H24N2O2/c23-16-20(15-18-7-3-1-4-8-18)21-11-13-22(14-12-21)24-17-19-9-5-2-6-10-19/h1-10,16,20H,11-15,17H2/i16D,20D. The van der Waals surface area contributed by atoms with E-state index in [-0.39, 0.29) is 6.42 Å². The zero-order chi connectivity index (χ0) is 18.4. The molecule has 24 heavy (non-hydrogen) atoms. The Bertz CT molecular complexity index is 706. The van der Waals surface area contributed by atoms with Gasteiger partial charge in [-0.2, -0.15) is 5.06 Å². The van der Waals surface area contributed by atoms with Crippen molar-refractivity contribution in [3.8, 4) is 0 Å². The monoisotopic (exact) mass is 326 g/mol. The molecule has 0 amide bonds. The molecule has 0 aromatic heterocycles. The Balaban J connectivity index is 1.57. The van der Waals surface area contributed by atoms with Gasteiger partial charge in [0, 0.05) is 26.2 Å². The van der Waals surface area contributed by atoms with E-state index in [1.165, 1.54) is 0 Å². The molecule has 3 rings (SSSR count). The van der Waals surface area contributed by atoms with Crippen molar-refractivity contribution in [2.45, 2.75) is 19.0 Å². The van der Waals surface area contributed by atoms with Crippen molar-refractivity contribution in [3.63, 3.8) is 0 Å². The van der Waals surface area contributed by atoms with E-state index >= 15 is 0 Å². The predicted octanol–water partition coefficient (Wildman–Crippen LogP) is 2.55. The number of benzene rings is 2. The average molecular weight is 326 g/mol. The van der Waals surface area contributed by atoms with Gasteiger partial charge in [0.1, 0.15) is 7.63 Å². The Kier molecular flexibility index (Phi) is 5.22. The number of hydrogen-bond acceptors (Lipinski definition) is 4. The number of aldehydes is 1. The van der Waals surface area contributed by atoms with Crippen molar-refractivity contribution in [1.82, 2.24) is 9.96 Å². The third kappa shape index (κ3) is 4.74. The van der Waals surface area contributed by atoms with E-state index in [4.69, 9.17) is 7.58 Å². The number of piperazine rings is 1. The van der Waals surface area contributed by atoms with Crippen molar-refractivity contribution in [3.05, 3.63) is 71.8 Å². The highest BCUT2D eigenvalue weighted by atomic mass is 16.7. The second-order valence-electron chi connectivity index (χ2n) is 5.89. The van der Waals surface area contributed by atoms with Gasteiger partial charge in [0.05, 0.1) is 14.0 Å². The van der Waals surface area contributed by atoms with Gasteiger partial charge in [-0.1, -0.05) is 60.7 Å². The van der Waals surface area contributed by atoms with Crippen molar-refractivity contribution in [1.29, 1.82) is 0 Å². The molecule has 2 aromatic rings. The number of hydroxylamine groups is 2. The molecule has 0 radical (unpaired) electrons. The lowest BCUT2D eigenvalue weighted by Gasteiger charge is -2.36. The normalized spacial score (nSPS) is 20.0. The van der Waals surface area contributed by atoms with Crippen LogP contribution in [0, 0.1) is 0 Å². The summed E-state index contributed by atoms with van der Waals surface area (Å²) in [5, 5.41) is 1.88. The van der Waals surface area contributed by atoms with E-state index in [2.05, 4.69) is 0 Å². The highest BCUT2D eigenvalue weighted by molar-refractivity contribution is 5.58. The highest BCUT2D eigenvalue weighted by Gasteiger charge is 2.24. The lowest BCUT2D eigenvalue weighted by molar-refractivity contribution is -0.188. The molecule has 0 N–H and O–H groups in total. The van der Waals surface area contributed by atoms with E-state index in [9.17, 15) is 4.79 Å². The topological polar surface area (TPSA) is 32.8 Å². The van der Waals surface area contributed by atoms with E-state index in [0.29, 0.717) is 32.8 Å². The maximum atomic E-state index is 12.0. The van der Waals surface area contributed by atoms with E-state index in [1.807, 2.05) is 65.7 Å². The summed E-state index contributed by atoms with van der Waals surface area (Å²) in [6, 6.07) is 17.9. The zero-order valence-corrected chi connectivity index (χ0v) is 13.7. The van der Waals surface area contributed by atoms with Gasteiger partial charge < -0.3 is 4.79 Å². The average Bonchev–Trinajstić information content (AvgIpc) is 2.68. The molecule has 1 saturated heterocycles. The van der Waals surface area contributed by atoms with Gasteiger partial charge >= 0.3 is 0 Å². The van der Waals surface area contributed by atoms with Crippen molar-refractivity contribution < 1.29 is 12.4 Å². The van der Waals surface area contributed by atoms with Crippen LogP contribution in [0.25, 0.3) is 0 Å². The first-order valence-electron chi connectivity index (χ1n) is 9.30. The van der Waals surface area contributed by atoms with Crippen molar-refractivity contribution in [2.24, 2.45) is 0 Å². The van der Waals surface area contributed by atoms with Gasteiger partial charge in [0.2, 0.25) is 0 Å². The van der Waals surface area contributed by atoms with Gasteiger partial charge in [0.25, 0.3) is 0 Å². The molecule has 1 atom stereocenters. The fourth-order valence-corrected chi connectivity index (χ4v) is 2.83. The molecule has 1 aliphatic heterocycles. The van der Waals surface area contributed by atoms with Crippen LogP contribution in [0.5, 0.6) is 0 Å². The predicted molar refractivity (Wildman–Crippen MR) is 94.4 cm³/mol. The number of carbonyl (C=O) groups is 1. The van der Waals surface area contributed by atoms with Crippen LogP contribution >= 0.6 is 0 Å². The first-order valence-corrected chi connectivity index (χ1v) is 8.30. The first-order chi connectivity index (χ1) is 12.6. The fraction of sp³-hybridized carbons (Fsp3) is 0.350. The maximum absolute atomic E-state index is 12.0. The largest absolute Gasteiger partial charge is 0.302 e. The fourth-order valence-electron chi connectivity index (χ4n) is 2.83.